The van der Waals surface area contributed by atoms with E-state index >= 15 is 0 Å². The van der Waals surface area contributed by atoms with E-state index in [1.54, 1.807) is 22.9 Å². The molecular formula is C28H40N8O5. The second-order valence-corrected chi connectivity index (χ2v) is 11.0. The molecule has 13 nitrogen and oxygen atoms in total. The van der Waals surface area contributed by atoms with Crippen molar-refractivity contribution in [1.29, 1.82) is 0 Å². The molecule has 1 fully saturated rings. The number of fused-ring (bicyclic) bond motifs is 1. The predicted octanol–water partition coefficient (Wildman–Crippen LogP) is 4.78. The molecule has 3 aromatic rings. The largest absolute Gasteiger partial charge is 0.495 e. The zero-order valence-electron chi connectivity index (χ0n) is 24.7. The molecule has 0 radical (unpaired) electrons. The van der Waals surface area contributed by atoms with E-state index in [0.717, 1.165) is 31.2 Å². The molecule has 2 amide bonds. The van der Waals surface area contributed by atoms with Crippen LogP contribution >= 0.6 is 0 Å². The molecule has 0 saturated carbocycles. The van der Waals surface area contributed by atoms with Crippen LogP contribution in [0.5, 0.6) is 5.75 Å². The lowest BCUT2D eigenvalue weighted by atomic mass is 9.90. The molecule has 0 atom stereocenters. The molecule has 0 spiro atoms. The van der Waals surface area contributed by atoms with Gasteiger partial charge in [-0.25, -0.2) is 14.6 Å². The molecule has 0 aliphatic carbocycles. The summed E-state index contributed by atoms with van der Waals surface area (Å²) in [6.45, 7) is 10.0. The topological polar surface area (TPSA) is 146 Å². The summed E-state index contributed by atoms with van der Waals surface area (Å²) >= 11 is 0. The predicted molar refractivity (Wildman–Crippen MR) is 154 cm³/mol. The van der Waals surface area contributed by atoms with Crippen LogP contribution in [0.25, 0.3) is 11.0 Å². The summed E-state index contributed by atoms with van der Waals surface area (Å²) in [5, 5.41) is 10.4. The molecule has 4 heterocycles. The molecule has 41 heavy (non-hydrogen) atoms. The number of likely N-dealkylation sites (tertiary alicyclic amines) is 1. The summed E-state index contributed by atoms with van der Waals surface area (Å²) in [6, 6.07) is 2.02. The lowest BCUT2D eigenvalue weighted by Crippen LogP contribution is -2.41. The Bertz CT molecular complexity index is 1360. The highest BCUT2D eigenvalue weighted by atomic mass is 16.6. The van der Waals surface area contributed by atoms with Crippen LogP contribution in [0.4, 0.5) is 21.4 Å². The van der Waals surface area contributed by atoms with E-state index in [2.05, 4.69) is 37.4 Å². The maximum absolute atomic E-state index is 12.4. The van der Waals surface area contributed by atoms with Gasteiger partial charge in [0.25, 0.3) is 0 Å². The molecule has 1 aliphatic rings. The van der Waals surface area contributed by atoms with Crippen molar-refractivity contribution in [1.82, 2.24) is 29.6 Å². The normalized spacial score (nSPS) is 14.1. The van der Waals surface area contributed by atoms with Gasteiger partial charge in [0.2, 0.25) is 5.95 Å². The van der Waals surface area contributed by atoms with Crippen LogP contribution in [0.1, 0.15) is 70.6 Å². The third-order valence-electron chi connectivity index (χ3n) is 6.80. The molecule has 0 aromatic carbocycles. The summed E-state index contributed by atoms with van der Waals surface area (Å²) in [5.41, 5.74) is 2.53. The van der Waals surface area contributed by atoms with Gasteiger partial charge >= 0.3 is 12.2 Å². The number of carbonyl (C=O) groups is 2. The SMILES string of the molecule is CCCCNc1nc(NC(=O)OC)nc2cnn(Cc3ncc(C4CCN(C(=O)OC(C)(C)C)CC4)cc3OC)c12. The molecule has 13 heteroatoms. The van der Waals surface area contributed by atoms with Gasteiger partial charge in [-0.2, -0.15) is 10.1 Å². The van der Waals surface area contributed by atoms with Gasteiger partial charge in [0.05, 0.1) is 27.0 Å². The fourth-order valence-electron chi connectivity index (χ4n) is 4.69. The number of piperidine rings is 1. The molecular weight excluding hydrogens is 528 g/mol. The van der Waals surface area contributed by atoms with Crippen molar-refractivity contribution in [2.75, 3.05) is 44.5 Å². The third kappa shape index (κ3) is 7.53. The van der Waals surface area contributed by atoms with E-state index in [9.17, 15) is 9.59 Å². The number of amides is 2. The van der Waals surface area contributed by atoms with Crippen LogP contribution < -0.4 is 15.4 Å². The third-order valence-corrected chi connectivity index (χ3v) is 6.80. The van der Waals surface area contributed by atoms with Gasteiger partial charge in [-0.05, 0) is 57.6 Å². The fraction of sp³-hybridized carbons (Fsp3) is 0.571. The number of nitrogens with one attached hydrogen (secondary N) is 2. The van der Waals surface area contributed by atoms with Gasteiger partial charge in [0.1, 0.15) is 28.1 Å². The van der Waals surface area contributed by atoms with Crippen molar-refractivity contribution in [3.63, 3.8) is 0 Å². The van der Waals surface area contributed by atoms with E-state index in [4.69, 9.17) is 14.5 Å². The second kappa shape index (κ2) is 13.0. The van der Waals surface area contributed by atoms with Crippen LogP contribution in [-0.4, -0.2) is 81.3 Å². The molecule has 2 N–H and O–H groups in total. The zero-order valence-corrected chi connectivity index (χ0v) is 24.7. The molecule has 0 bridgehead atoms. The van der Waals surface area contributed by atoms with Crippen molar-refractivity contribution >= 4 is 35.0 Å². The van der Waals surface area contributed by atoms with E-state index in [0.29, 0.717) is 54.5 Å². The molecule has 3 aromatic heterocycles. The first-order valence-corrected chi connectivity index (χ1v) is 13.9. The number of rotatable bonds is 9. The Hall–Kier alpha value is -4.16. The maximum atomic E-state index is 12.4. The number of hydrogen-bond donors (Lipinski definition) is 2. The van der Waals surface area contributed by atoms with Crippen molar-refractivity contribution in [2.24, 2.45) is 0 Å². The number of ether oxygens (including phenoxy) is 3. The van der Waals surface area contributed by atoms with E-state index in [1.807, 2.05) is 33.0 Å². The Morgan fingerprint density at radius 2 is 1.88 bits per heavy atom. The summed E-state index contributed by atoms with van der Waals surface area (Å²) in [5.74, 6) is 1.60. The highest BCUT2D eigenvalue weighted by Crippen LogP contribution is 2.32. The first-order valence-electron chi connectivity index (χ1n) is 13.9. The lowest BCUT2D eigenvalue weighted by Gasteiger charge is -2.33. The smallest absolute Gasteiger partial charge is 0.413 e. The highest BCUT2D eigenvalue weighted by Gasteiger charge is 2.28. The first kappa shape index (κ1) is 29.8. The number of carbonyl (C=O) groups excluding carboxylic acids is 2. The Morgan fingerprint density at radius 1 is 1.12 bits per heavy atom. The monoisotopic (exact) mass is 568 g/mol. The molecule has 222 valence electrons. The molecule has 4 rings (SSSR count). The summed E-state index contributed by atoms with van der Waals surface area (Å²) in [4.78, 5) is 39.7. The Morgan fingerprint density at radius 3 is 2.54 bits per heavy atom. The summed E-state index contributed by atoms with van der Waals surface area (Å²) in [7, 11) is 2.91. The number of aromatic nitrogens is 5. The van der Waals surface area contributed by atoms with Crippen molar-refractivity contribution in [3.05, 3.63) is 29.7 Å². The van der Waals surface area contributed by atoms with Gasteiger partial charge < -0.3 is 24.4 Å². The fourth-order valence-corrected chi connectivity index (χ4v) is 4.69. The number of pyridine rings is 1. The maximum Gasteiger partial charge on any atom is 0.413 e. The van der Waals surface area contributed by atoms with Crippen LogP contribution in [-0.2, 0) is 16.0 Å². The molecule has 1 saturated heterocycles. The molecule has 0 unspecified atom stereocenters. The van der Waals surface area contributed by atoms with Crippen LogP contribution in [0, 0.1) is 0 Å². The highest BCUT2D eigenvalue weighted by molar-refractivity contribution is 5.89. The van der Waals surface area contributed by atoms with Gasteiger partial charge in [-0.3, -0.25) is 15.0 Å². The first-order chi connectivity index (χ1) is 19.6. The average molecular weight is 569 g/mol. The van der Waals surface area contributed by atoms with Gasteiger partial charge in [-0.1, -0.05) is 13.3 Å². The Balaban J connectivity index is 1.53. The Labute approximate surface area is 240 Å². The van der Waals surface area contributed by atoms with E-state index in [1.165, 1.54) is 7.11 Å². The zero-order chi connectivity index (χ0) is 29.6. The van der Waals surface area contributed by atoms with Gasteiger partial charge in [-0.15, -0.1) is 0 Å². The number of methoxy groups -OCH3 is 2. The number of anilines is 2. The van der Waals surface area contributed by atoms with E-state index in [-0.39, 0.29) is 18.0 Å². The minimum atomic E-state index is -0.652. The lowest BCUT2D eigenvalue weighted by molar-refractivity contribution is 0.0204. The average Bonchev–Trinajstić information content (AvgIpc) is 3.35. The second-order valence-electron chi connectivity index (χ2n) is 11.0. The summed E-state index contributed by atoms with van der Waals surface area (Å²) < 4.78 is 17.7. The minimum absolute atomic E-state index is 0.126. The van der Waals surface area contributed by atoms with Crippen LogP contribution in [0.3, 0.4) is 0 Å². The van der Waals surface area contributed by atoms with Gasteiger partial charge in [0.15, 0.2) is 5.82 Å². The number of nitrogens with zero attached hydrogens (tertiary/aromatic N) is 6. The Kier molecular flexibility index (Phi) is 9.46. The number of hydrogen-bond acceptors (Lipinski definition) is 10. The summed E-state index contributed by atoms with van der Waals surface area (Å²) in [6.07, 6.45) is 6.19. The standard InChI is InChI=1S/C28H40N8O5/c1-7-8-11-29-24-23-20(32-25(33-24)34-26(37)40-6)16-31-36(23)17-21-22(39-5)14-19(15-30-21)18-9-12-35(13-10-18)27(38)41-28(2,3)4/h14-16,18H,7-13,17H2,1-6H3,(H2,29,32,33,34,37). The van der Waals surface area contributed by atoms with Crippen LogP contribution in [0.15, 0.2) is 18.5 Å². The van der Waals surface area contributed by atoms with Crippen molar-refractivity contribution in [3.8, 4) is 5.75 Å². The van der Waals surface area contributed by atoms with E-state index < -0.39 is 11.7 Å². The number of unbranched alkanes of at least 4 members (excludes halogenated alkanes) is 1. The van der Waals surface area contributed by atoms with Crippen molar-refractivity contribution < 1.29 is 23.8 Å². The van der Waals surface area contributed by atoms with Gasteiger partial charge in [0, 0.05) is 25.8 Å². The van der Waals surface area contributed by atoms with Crippen LogP contribution in [0.2, 0.25) is 0 Å². The van der Waals surface area contributed by atoms with Crippen molar-refractivity contribution in [2.45, 2.75) is 71.4 Å². The molecule has 1 aliphatic heterocycles. The minimum Gasteiger partial charge on any atom is -0.495 e. The quantitative estimate of drug-likeness (QED) is 0.346.